The molecule has 0 radical (unpaired) electrons. The molecule has 2 N–H and O–H groups in total. The van der Waals surface area contributed by atoms with Crippen molar-refractivity contribution in [3.63, 3.8) is 0 Å². The van der Waals surface area contributed by atoms with Gasteiger partial charge < -0.3 is 19.8 Å². The molecule has 0 aliphatic heterocycles. The second-order valence-corrected chi connectivity index (χ2v) is 7.77. The molecule has 35 heavy (non-hydrogen) atoms. The summed E-state index contributed by atoms with van der Waals surface area (Å²) in [6.45, 7) is 1.99. The first-order chi connectivity index (χ1) is 16.9. The van der Waals surface area contributed by atoms with Gasteiger partial charge in [0.25, 0.3) is 0 Å². The van der Waals surface area contributed by atoms with Crippen molar-refractivity contribution in [2.45, 2.75) is 19.8 Å². The Morgan fingerprint density at radius 3 is 2.40 bits per heavy atom. The van der Waals surface area contributed by atoms with Crippen LogP contribution in [0.25, 0.3) is 10.9 Å². The van der Waals surface area contributed by atoms with Gasteiger partial charge in [-0.2, -0.15) is 0 Å². The number of aromatic amines is 1. The minimum Gasteiger partial charge on any atom is -0.462 e. The Balaban J connectivity index is 1.41. The molecule has 0 atom stereocenters. The molecule has 1 aromatic heterocycles. The molecule has 0 fully saturated rings. The summed E-state index contributed by atoms with van der Waals surface area (Å²) in [5.74, 6) is -1.27. The number of amides is 1. The number of hydrogen-bond donors (Lipinski definition) is 2. The van der Waals surface area contributed by atoms with Crippen LogP contribution in [0.5, 0.6) is 5.75 Å². The SMILES string of the molecule is CCOC(=O)c1ccc(OC(=O)c2c[nH]c3ccc(NC(=O)CCc4ccc(F)cc4)cc23)cc1. The highest BCUT2D eigenvalue weighted by atomic mass is 19.1. The molecule has 7 nitrogen and oxygen atoms in total. The largest absolute Gasteiger partial charge is 0.462 e. The fraction of sp³-hybridized carbons (Fsp3) is 0.148. The Labute approximate surface area is 200 Å². The molecule has 0 saturated carbocycles. The average molecular weight is 474 g/mol. The monoisotopic (exact) mass is 474 g/mol. The van der Waals surface area contributed by atoms with Crippen molar-refractivity contribution in [1.82, 2.24) is 4.98 Å². The molecule has 178 valence electrons. The minimum atomic E-state index is -0.583. The van der Waals surface area contributed by atoms with Crippen LogP contribution in [0.2, 0.25) is 0 Å². The Kier molecular flexibility index (Phi) is 7.21. The molecule has 1 heterocycles. The summed E-state index contributed by atoms with van der Waals surface area (Å²) in [6.07, 6.45) is 2.25. The molecule has 0 aliphatic rings. The molecule has 4 rings (SSSR count). The van der Waals surface area contributed by atoms with Gasteiger partial charge >= 0.3 is 11.9 Å². The Bertz CT molecular complexity index is 1360. The lowest BCUT2D eigenvalue weighted by atomic mass is 10.1. The molecule has 0 bridgehead atoms. The van der Waals surface area contributed by atoms with Crippen molar-refractivity contribution >= 4 is 34.4 Å². The summed E-state index contributed by atoms with van der Waals surface area (Å²) in [5, 5.41) is 3.42. The van der Waals surface area contributed by atoms with Crippen molar-refractivity contribution in [2.75, 3.05) is 11.9 Å². The summed E-state index contributed by atoms with van der Waals surface area (Å²) in [7, 11) is 0. The number of fused-ring (bicyclic) bond motifs is 1. The highest BCUT2D eigenvalue weighted by Crippen LogP contribution is 2.24. The summed E-state index contributed by atoms with van der Waals surface area (Å²) < 4.78 is 23.4. The summed E-state index contributed by atoms with van der Waals surface area (Å²) in [5.41, 5.74) is 2.77. The topological polar surface area (TPSA) is 97.5 Å². The number of carbonyl (C=O) groups is 3. The molecule has 8 heteroatoms. The van der Waals surface area contributed by atoms with Crippen LogP contribution < -0.4 is 10.1 Å². The van der Waals surface area contributed by atoms with Gasteiger partial charge in [0.1, 0.15) is 11.6 Å². The van der Waals surface area contributed by atoms with Gasteiger partial charge in [-0.3, -0.25) is 4.79 Å². The second-order valence-electron chi connectivity index (χ2n) is 7.77. The number of aryl methyl sites for hydroxylation is 1. The average Bonchev–Trinajstić information content (AvgIpc) is 3.28. The van der Waals surface area contributed by atoms with Gasteiger partial charge in [-0.05, 0) is 73.5 Å². The third kappa shape index (κ3) is 5.92. The van der Waals surface area contributed by atoms with E-state index in [1.807, 2.05) is 0 Å². The van der Waals surface area contributed by atoms with E-state index >= 15 is 0 Å². The first-order valence-electron chi connectivity index (χ1n) is 11.1. The van der Waals surface area contributed by atoms with Crippen LogP contribution in [-0.4, -0.2) is 29.4 Å². The molecule has 0 unspecified atom stereocenters. The maximum Gasteiger partial charge on any atom is 0.345 e. The van der Waals surface area contributed by atoms with Crippen LogP contribution in [0.3, 0.4) is 0 Å². The Morgan fingerprint density at radius 2 is 1.69 bits per heavy atom. The number of rotatable bonds is 8. The molecular weight excluding hydrogens is 451 g/mol. The van der Waals surface area contributed by atoms with E-state index in [-0.39, 0.29) is 30.5 Å². The van der Waals surface area contributed by atoms with Crippen LogP contribution in [0.15, 0.2) is 72.9 Å². The van der Waals surface area contributed by atoms with E-state index in [1.54, 1.807) is 43.5 Å². The van der Waals surface area contributed by atoms with Crippen LogP contribution >= 0.6 is 0 Å². The zero-order valence-electron chi connectivity index (χ0n) is 19.0. The van der Waals surface area contributed by atoms with Gasteiger partial charge in [-0.1, -0.05) is 12.1 Å². The van der Waals surface area contributed by atoms with Gasteiger partial charge in [-0.15, -0.1) is 0 Å². The number of halogens is 1. The number of ether oxygens (including phenoxy) is 2. The summed E-state index contributed by atoms with van der Waals surface area (Å²) in [6, 6.07) is 17.3. The zero-order chi connectivity index (χ0) is 24.8. The normalized spacial score (nSPS) is 10.7. The van der Waals surface area contributed by atoms with E-state index in [9.17, 15) is 18.8 Å². The maximum atomic E-state index is 13.0. The lowest BCUT2D eigenvalue weighted by Gasteiger charge is -2.07. The zero-order valence-corrected chi connectivity index (χ0v) is 19.0. The smallest absolute Gasteiger partial charge is 0.345 e. The number of aromatic nitrogens is 1. The Hall–Kier alpha value is -4.46. The number of hydrogen-bond acceptors (Lipinski definition) is 5. The van der Waals surface area contributed by atoms with E-state index in [1.165, 1.54) is 36.4 Å². The second kappa shape index (κ2) is 10.6. The lowest BCUT2D eigenvalue weighted by Crippen LogP contribution is -2.12. The summed E-state index contributed by atoms with van der Waals surface area (Å²) >= 11 is 0. The fourth-order valence-electron chi connectivity index (χ4n) is 3.54. The number of esters is 2. The van der Waals surface area contributed by atoms with Crippen LogP contribution in [0.4, 0.5) is 10.1 Å². The van der Waals surface area contributed by atoms with Crippen molar-refractivity contribution in [2.24, 2.45) is 0 Å². The van der Waals surface area contributed by atoms with Gasteiger partial charge in [-0.25, -0.2) is 14.0 Å². The van der Waals surface area contributed by atoms with E-state index in [0.717, 1.165) is 5.56 Å². The van der Waals surface area contributed by atoms with Gasteiger partial charge in [0, 0.05) is 29.2 Å². The number of benzene rings is 3. The molecule has 0 aliphatic carbocycles. The molecule has 4 aromatic rings. The van der Waals surface area contributed by atoms with Gasteiger partial charge in [0.15, 0.2) is 0 Å². The van der Waals surface area contributed by atoms with E-state index in [0.29, 0.717) is 34.1 Å². The summed E-state index contributed by atoms with van der Waals surface area (Å²) in [4.78, 5) is 40.0. The number of nitrogens with one attached hydrogen (secondary N) is 2. The fourth-order valence-corrected chi connectivity index (χ4v) is 3.54. The highest BCUT2D eigenvalue weighted by molar-refractivity contribution is 6.06. The van der Waals surface area contributed by atoms with Crippen molar-refractivity contribution in [3.05, 3.63) is 95.4 Å². The van der Waals surface area contributed by atoms with Crippen LogP contribution in [-0.2, 0) is 16.0 Å². The van der Waals surface area contributed by atoms with Crippen LogP contribution in [0, 0.1) is 5.82 Å². The first-order valence-corrected chi connectivity index (χ1v) is 11.1. The van der Waals surface area contributed by atoms with Crippen molar-refractivity contribution in [3.8, 4) is 5.75 Å². The number of carbonyl (C=O) groups excluding carboxylic acids is 3. The van der Waals surface area contributed by atoms with Crippen molar-refractivity contribution < 1.29 is 28.2 Å². The predicted molar refractivity (Wildman–Crippen MR) is 129 cm³/mol. The maximum absolute atomic E-state index is 13.0. The third-order valence-electron chi connectivity index (χ3n) is 5.32. The quantitative estimate of drug-likeness (QED) is 0.268. The van der Waals surface area contributed by atoms with E-state index in [4.69, 9.17) is 9.47 Å². The molecule has 3 aromatic carbocycles. The highest BCUT2D eigenvalue weighted by Gasteiger charge is 2.16. The molecular formula is C27H23FN2O5. The number of anilines is 1. The number of H-pyrrole nitrogens is 1. The molecule has 0 saturated heterocycles. The van der Waals surface area contributed by atoms with E-state index < -0.39 is 11.9 Å². The minimum absolute atomic E-state index is 0.199. The molecule has 0 spiro atoms. The van der Waals surface area contributed by atoms with E-state index in [2.05, 4.69) is 10.3 Å². The molecule has 1 amide bonds. The van der Waals surface area contributed by atoms with Crippen molar-refractivity contribution in [1.29, 1.82) is 0 Å². The van der Waals surface area contributed by atoms with Gasteiger partial charge in [0.2, 0.25) is 5.91 Å². The Morgan fingerprint density at radius 1 is 0.943 bits per heavy atom. The third-order valence-corrected chi connectivity index (χ3v) is 5.32. The standard InChI is InChI=1S/C27H23FN2O5/c1-2-34-26(32)18-6-11-21(12-7-18)35-27(33)23-16-29-24-13-10-20(15-22(23)24)30-25(31)14-5-17-3-8-19(28)9-4-17/h3-4,6-13,15-16,29H,2,5,14H2,1H3,(H,30,31). The lowest BCUT2D eigenvalue weighted by molar-refractivity contribution is -0.116. The van der Waals surface area contributed by atoms with Gasteiger partial charge in [0.05, 0.1) is 17.7 Å². The predicted octanol–water partition coefficient (Wildman–Crippen LogP) is 5.27. The first kappa shape index (κ1) is 23.7. The van der Waals surface area contributed by atoms with Crippen LogP contribution in [0.1, 0.15) is 39.6 Å².